The van der Waals surface area contributed by atoms with Crippen LogP contribution in [0.3, 0.4) is 0 Å². The fraction of sp³-hybridized carbons (Fsp3) is 0.261. The first-order chi connectivity index (χ1) is 12.0. The molecule has 0 spiro atoms. The first-order valence-corrected chi connectivity index (χ1v) is 8.71. The number of hydrogen-bond donors (Lipinski definition) is 0. The predicted octanol–water partition coefficient (Wildman–Crippen LogP) is 5.17. The lowest BCUT2D eigenvalue weighted by Crippen LogP contribution is -2.30. The highest BCUT2D eigenvalue weighted by Crippen LogP contribution is 2.31. The summed E-state index contributed by atoms with van der Waals surface area (Å²) in [6.07, 6.45) is 2.20. The number of pyridine rings is 1. The van der Waals surface area contributed by atoms with Crippen molar-refractivity contribution in [3.8, 4) is 22.4 Å². The second kappa shape index (κ2) is 7.20. The third-order valence-electron chi connectivity index (χ3n) is 5.09. The Morgan fingerprint density at radius 1 is 0.920 bits per heavy atom. The number of rotatable bonds is 4. The minimum atomic E-state index is 0.0561. The topological polar surface area (TPSA) is 13.1 Å². The van der Waals surface area contributed by atoms with E-state index in [1.807, 2.05) is 0 Å². The maximum absolute atomic E-state index is 5.58. The van der Waals surface area contributed by atoms with Gasteiger partial charge in [0.2, 0.25) is 5.69 Å². The van der Waals surface area contributed by atoms with Gasteiger partial charge in [-0.15, -0.1) is 0 Å². The summed E-state index contributed by atoms with van der Waals surface area (Å²) in [7, 11) is 3.85. The van der Waals surface area contributed by atoms with Crippen LogP contribution in [0.25, 0.3) is 22.4 Å². The van der Waals surface area contributed by atoms with Gasteiger partial charge in [-0.05, 0) is 54.7 Å². The van der Waals surface area contributed by atoms with E-state index in [-0.39, 0.29) is 6.10 Å². The van der Waals surface area contributed by atoms with Gasteiger partial charge < -0.3 is 4.74 Å². The van der Waals surface area contributed by atoms with Gasteiger partial charge in [0.05, 0.1) is 11.7 Å². The molecule has 0 amide bonds. The number of hydrogen-bond acceptors (Lipinski definition) is 1. The van der Waals surface area contributed by atoms with E-state index in [1.54, 1.807) is 7.11 Å². The molecule has 25 heavy (non-hydrogen) atoms. The number of methoxy groups -OCH3 is 1. The highest BCUT2D eigenvalue weighted by atomic mass is 16.5. The number of nitrogens with zero attached hydrogens (tertiary/aromatic N) is 1. The molecule has 1 heterocycles. The lowest BCUT2D eigenvalue weighted by molar-refractivity contribution is -0.660. The normalized spacial score (nSPS) is 12.2. The van der Waals surface area contributed by atoms with Crippen LogP contribution >= 0.6 is 0 Å². The van der Waals surface area contributed by atoms with Gasteiger partial charge in [-0.25, -0.2) is 4.57 Å². The molecule has 0 unspecified atom stereocenters. The molecule has 2 aromatic carbocycles. The Kier molecular flexibility index (Phi) is 5.00. The molecule has 1 atom stereocenters. The number of aryl methyl sites for hydroxylation is 2. The summed E-state index contributed by atoms with van der Waals surface area (Å²) in [6, 6.07) is 19.4. The highest BCUT2D eigenvalue weighted by Gasteiger charge is 2.18. The molecule has 0 aliphatic heterocycles. The van der Waals surface area contributed by atoms with Crippen molar-refractivity contribution in [3.63, 3.8) is 0 Å². The molecule has 2 nitrogen and oxygen atoms in total. The maximum atomic E-state index is 5.58. The van der Waals surface area contributed by atoms with Gasteiger partial charge in [0, 0.05) is 19.2 Å². The number of benzene rings is 2. The van der Waals surface area contributed by atoms with Gasteiger partial charge >= 0.3 is 0 Å². The van der Waals surface area contributed by atoms with E-state index in [0.717, 1.165) is 0 Å². The van der Waals surface area contributed by atoms with Gasteiger partial charge in [0.1, 0.15) is 7.05 Å². The predicted molar refractivity (Wildman–Crippen MR) is 103 cm³/mol. The molecule has 0 bridgehead atoms. The van der Waals surface area contributed by atoms with Gasteiger partial charge in [0.25, 0.3) is 0 Å². The van der Waals surface area contributed by atoms with Gasteiger partial charge in [0.15, 0.2) is 6.20 Å². The van der Waals surface area contributed by atoms with E-state index in [2.05, 4.69) is 93.2 Å². The molecule has 1 aromatic heterocycles. The fourth-order valence-electron chi connectivity index (χ4n) is 3.28. The van der Waals surface area contributed by atoms with Crippen molar-refractivity contribution in [1.29, 1.82) is 0 Å². The lowest BCUT2D eigenvalue weighted by Gasteiger charge is -2.15. The van der Waals surface area contributed by atoms with Gasteiger partial charge in [-0.1, -0.05) is 36.4 Å². The van der Waals surface area contributed by atoms with E-state index in [0.29, 0.717) is 0 Å². The lowest BCUT2D eigenvalue weighted by atomic mass is 9.94. The van der Waals surface area contributed by atoms with Crippen LogP contribution in [0, 0.1) is 13.8 Å². The first kappa shape index (κ1) is 17.4. The summed E-state index contributed by atoms with van der Waals surface area (Å²) in [5.41, 5.74) is 8.80. The quantitative estimate of drug-likeness (QED) is 0.601. The van der Waals surface area contributed by atoms with Crippen molar-refractivity contribution >= 4 is 0 Å². The average Bonchev–Trinajstić information content (AvgIpc) is 2.64. The SMILES string of the molecule is CO[C@@H](C)c1ccccc1-c1cc(-c2cccc(C)c2C)cc[n+]1C. The number of ether oxygens (including phenoxy) is 1. The van der Waals surface area contributed by atoms with Crippen LogP contribution in [0.4, 0.5) is 0 Å². The zero-order valence-electron chi connectivity index (χ0n) is 15.7. The Labute approximate surface area is 150 Å². The third kappa shape index (κ3) is 3.35. The average molecular weight is 332 g/mol. The molecule has 0 radical (unpaired) electrons. The molecule has 3 aromatic rings. The Bertz CT molecular complexity index is 898. The van der Waals surface area contributed by atoms with Crippen LogP contribution in [0.5, 0.6) is 0 Å². The smallest absolute Gasteiger partial charge is 0.213 e. The van der Waals surface area contributed by atoms with E-state index in [4.69, 9.17) is 4.74 Å². The first-order valence-electron chi connectivity index (χ1n) is 8.71. The molecule has 2 heteroatoms. The molecular formula is C23H26NO+. The standard InChI is InChI=1S/C23H26NO/c1-16-9-8-12-20(17(16)2)19-13-14-24(4)23(15-19)22-11-7-6-10-21(22)18(3)25-5/h6-15,18H,1-5H3/q+1/t18-/m0/s1. The summed E-state index contributed by atoms with van der Waals surface area (Å²) in [5.74, 6) is 0. The van der Waals surface area contributed by atoms with E-state index < -0.39 is 0 Å². The van der Waals surface area contributed by atoms with Gasteiger partial charge in [-0.3, -0.25) is 0 Å². The monoisotopic (exact) mass is 332 g/mol. The molecule has 0 saturated carbocycles. The van der Waals surface area contributed by atoms with Crippen LogP contribution in [0.1, 0.15) is 29.7 Å². The minimum absolute atomic E-state index is 0.0561. The zero-order chi connectivity index (χ0) is 18.0. The third-order valence-corrected chi connectivity index (χ3v) is 5.09. The van der Waals surface area contributed by atoms with E-state index >= 15 is 0 Å². The van der Waals surface area contributed by atoms with Crippen molar-refractivity contribution in [2.75, 3.05) is 7.11 Å². The molecule has 0 aliphatic carbocycles. The van der Waals surface area contributed by atoms with Crippen LogP contribution in [-0.2, 0) is 11.8 Å². The number of aromatic nitrogens is 1. The summed E-state index contributed by atoms with van der Waals surface area (Å²) in [5, 5.41) is 0. The minimum Gasteiger partial charge on any atom is -0.377 e. The van der Waals surface area contributed by atoms with Crippen molar-refractivity contribution in [3.05, 3.63) is 77.5 Å². The fourth-order valence-corrected chi connectivity index (χ4v) is 3.28. The summed E-state index contributed by atoms with van der Waals surface area (Å²) in [6.45, 7) is 6.45. The Balaban J connectivity index is 2.18. The van der Waals surface area contributed by atoms with Crippen molar-refractivity contribution in [2.24, 2.45) is 7.05 Å². The maximum Gasteiger partial charge on any atom is 0.213 e. The largest absolute Gasteiger partial charge is 0.377 e. The summed E-state index contributed by atoms with van der Waals surface area (Å²) >= 11 is 0. The second-order valence-electron chi connectivity index (χ2n) is 6.62. The van der Waals surface area contributed by atoms with Crippen LogP contribution < -0.4 is 4.57 Å². The summed E-state index contributed by atoms with van der Waals surface area (Å²) < 4.78 is 7.76. The molecule has 0 fully saturated rings. The van der Waals surface area contributed by atoms with Gasteiger partial charge in [-0.2, -0.15) is 0 Å². The van der Waals surface area contributed by atoms with Crippen LogP contribution in [0.15, 0.2) is 60.8 Å². The Hall–Kier alpha value is -2.45. The Morgan fingerprint density at radius 3 is 2.40 bits per heavy atom. The van der Waals surface area contributed by atoms with E-state index in [1.165, 1.54) is 39.1 Å². The van der Waals surface area contributed by atoms with Crippen LogP contribution in [-0.4, -0.2) is 7.11 Å². The van der Waals surface area contributed by atoms with E-state index in [9.17, 15) is 0 Å². The molecular weight excluding hydrogens is 306 g/mol. The molecule has 0 saturated heterocycles. The molecule has 0 aliphatic rings. The van der Waals surface area contributed by atoms with Crippen molar-refractivity contribution < 1.29 is 9.30 Å². The van der Waals surface area contributed by atoms with Crippen LogP contribution in [0.2, 0.25) is 0 Å². The second-order valence-corrected chi connectivity index (χ2v) is 6.62. The highest BCUT2D eigenvalue weighted by molar-refractivity contribution is 5.73. The summed E-state index contributed by atoms with van der Waals surface area (Å²) in [4.78, 5) is 0. The Morgan fingerprint density at radius 2 is 1.64 bits per heavy atom. The zero-order valence-corrected chi connectivity index (χ0v) is 15.7. The molecule has 3 rings (SSSR count). The van der Waals surface area contributed by atoms with Crippen molar-refractivity contribution in [1.82, 2.24) is 0 Å². The molecule has 128 valence electrons. The molecule has 0 N–H and O–H groups in total. The van der Waals surface area contributed by atoms with Crippen molar-refractivity contribution in [2.45, 2.75) is 26.9 Å².